The van der Waals surface area contributed by atoms with Gasteiger partial charge in [-0.05, 0) is 19.0 Å². The van der Waals surface area contributed by atoms with E-state index in [1.165, 1.54) is 4.68 Å². The summed E-state index contributed by atoms with van der Waals surface area (Å²) < 4.78 is 1.42. The van der Waals surface area contributed by atoms with E-state index in [2.05, 4.69) is 29.2 Å². The molecule has 1 aromatic heterocycles. The summed E-state index contributed by atoms with van der Waals surface area (Å²) in [5.74, 6) is 0.359. The molecule has 0 unspecified atom stereocenters. The summed E-state index contributed by atoms with van der Waals surface area (Å²) in [4.78, 5) is 14.4. The zero-order valence-corrected chi connectivity index (χ0v) is 13.6. The fourth-order valence-corrected chi connectivity index (χ4v) is 2.17. The number of hydrogen-bond acceptors (Lipinski definition) is 4. The van der Waals surface area contributed by atoms with Crippen LogP contribution in [0.3, 0.4) is 0 Å². The van der Waals surface area contributed by atoms with Gasteiger partial charge in [0.25, 0.3) is 5.56 Å². The molecule has 0 saturated heterocycles. The lowest BCUT2D eigenvalue weighted by molar-refractivity contribution is 0.316. The van der Waals surface area contributed by atoms with Crippen molar-refractivity contribution in [2.24, 2.45) is 5.92 Å². The van der Waals surface area contributed by atoms with Crippen LogP contribution in [-0.4, -0.2) is 40.9 Å². The Morgan fingerprint density at radius 3 is 2.60 bits per heavy atom. The Bertz CT molecular complexity index is 469. The topological polar surface area (TPSA) is 50.2 Å². The molecule has 5 nitrogen and oxygen atoms in total. The van der Waals surface area contributed by atoms with E-state index in [1.807, 2.05) is 13.8 Å². The summed E-state index contributed by atoms with van der Waals surface area (Å²) in [5, 5.41) is 7.57. The van der Waals surface area contributed by atoms with Crippen LogP contribution in [0.5, 0.6) is 0 Å². The lowest BCUT2D eigenvalue weighted by Gasteiger charge is -2.18. The van der Waals surface area contributed by atoms with Crippen LogP contribution in [-0.2, 0) is 6.54 Å². The summed E-state index contributed by atoms with van der Waals surface area (Å²) in [6.45, 7) is 12.6. The molecule has 0 aliphatic rings. The third-order valence-corrected chi connectivity index (χ3v) is 3.53. The largest absolute Gasteiger partial charge is 0.381 e. The van der Waals surface area contributed by atoms with Gasteiger partial charge in [-0.1, -0.05) is 39.3 Å². The maximum absolute atomic E-state index is 12.1. The zero-order chi connectivity index (χ0) is 15.1. The second-order valence-electron chi connectivity index (χ2n) is 5.21. The van der Waals surface area contributed by atoms with E-state index in [4.69, 9.17) is 11.6 Å². The van der Waals surface area contributed by atoms with Gasteiger partial charge in [0.05, 0.1) is 11.9 Å². The van der Waals surface area contributed by atoms with Gasteiger partial charge in [-0.2, -0.15) is 5.10 Å². The molecule has 0 aliphatic heterocycles. The Labute approximate surface area is 125 Å². The summed E-state index contributed by atoms with van der Waals surface area (Å²) in [6, 6.07) is 0. The van der Waals surface area contributed by atoms with Crippen molar-refractivity contribution in [1.29, 1.82) is 0 Å². The lowest BCUT2D eigenvalue weighted by Crippen LogP contribution is -2.30. The molecule has 0 amide bonds. The van der Waals surface area contributed by atoms with Gasteiger partial charge < -0.3 is 10.2 Å². The molecule has 1 aromatic rings. The molecule has 0 fully saturated rings. The highest BCUT2D eigenvalue weighted by molar-refractivity contribution is 6.32. The van der Waals surface area contributed by atoms with Crippen LogP contribution in [0.25, 0.3) is 0 Å². The Morgan fingerprint density at radius 2 is 2.05 bits per heavy atom. The Kier molecular flexibility index (Phi) is 7.02. The van der Waals surface area contributed by atoms with Gasteiger partial charge in [-0.3, -0.25) is 4.79 Å². The smallest absolute Gasteiger partial charge is 0.287 e. The Balaban J connectivity index is 2.68. The van der Waals surface area contributed by atoms with Crippen molar-refractivity contribution < 1.29 is 0 Å². The molecule has 0 spiro atoms. The van der Waals surface area contributed by atoms with Gasteiger partial charge in [0, 0.05) is 19.6 Å². The molecule has 0 atom stereocenters. The Hall–Kier alpha value is -1.07. The van der Waals surface area contributed by atoms with Crippen molar-refractivity contribution in [3.63, 3.8) is 0 Å². The molecule has 1 N–H and O–H groups in total. The maximum Gasteiger partial charge on any atom is 0.287 e. The van der Waals surface area contributed by atoms with Gasteiger partial charge >= 0.3 is 0 Å². The fourth-order valence-electron chi connectivity index (χ4n) is 1.95. The first kappa shape index (κ1) is 17.0. The molecule has 1 heterocycles. The monoisotopic (exact) mass is 300 g/mol. The van der Waals surface area contributed by atoms with Gasteiger partial charge in [-0.25, -0.2) is 4.68 Å². The van der Waals surface area contributed by atoms with Gasteiger partial charge in [0.15, 0.2) is 0 Å². The average Bonchev–Trinajstić information content (AvgIpc) is 2.42. The van der Waals surface area contributed by atoms with E-state index in [0.717, 1.165) is 26.2 Å². The summed E-state index contributed by atoms with van der Waals surface area (Å²) in [5.41, 5.74) is 0.386. The lowest BCUT2D eigenvalue weighted by atomic mass is 10.2. The first-order valence-corrected chi connectivity index (χ1v) is 7.59. The third kappa shape index (κ3) is 4.80. The van der Waals surface area contributed by atoms with E-state index >= 15 is 0 Å². The fraction of sp³-hybridized carbons (Fsp3) is 0.714. The standard InChI is InChI=1S/C14H25ClN4O/c1-5-18(6-2)8-7-16-12-9-17-19(10-11(3)4)14(20)13(12)15/h9,11,16H,5-8,10H2,1-4H3. The van der Waals surface area contributed by atoms with Crippen molar-refractivity contribution in [1.82, 2.24) is 14.7 Å². The molecule has 0 aliphatic carbocycles. The number of rotatable bonds is 8. The molecule has 114 valence electrons. The number of hydrogen-bond donors (Lipinski definition) is 1. The first-order chi connectivity index (χ1) is 9.49. The van der Waals surface area contributed by atoms with Crippen LogP contribution in [0.15, 0.2) is 11.0 Å². The highest BCUT2D eigenvalue weighted by atomic mass is 35.5. The van der Waals surface area contributed by atoms with Crippen LogP contribution in [0.2, 0.25) is 5.02 Å². The Morgan fingerprint density at radius 1 is 1.40 bits per heavy atom. The molecule has 0 bridgehead atoms. The van der Waals surface area contributed by atoms with Crippen molar-refractivity contribution in [3.05, 3.63) is 21.6 Å². The van der Waals surface area contributed by atoms with Crippen molar-refractivity contribution in [2.75, 3.05) is 31.5 Å². The van der Waals surface area contributed by atoms with E-state index in [9.17, 15) is 4.79 Å². The van der Waals surface area contributed by atoms with Crippen molar-refractivity contribution >= 4 is 17.3 Å². The van der Waals surface area contributed by atoms with E-state index in [-0.39, 0.29) is 10.6 Å². The van der Waals surface area contributed by atoms with Crippen molar-refractivity contribution in [3.8, 4) is 0 Å². The van der Waals surface area contributed by atoms with E-state index < -0.39 is 0 Å². The second kappa shape index (κ2) is 8.27. The van der Waals surface area contributed by atoms with Crippen LogP contribution in [0.4, 0.5) is 5.69 Å². The minimum absolute atomic E-state index is 0.222. The summed E-state index contributed by atoms with van der Waals surface area (Å²) >= 11 is 6.12. The van der Waals surface area contributed by atoms with Crippen LogP contribution >= 0.6 is 11.6 Å². The number of nitrogens with zero attached hydrogens (tertiary/aromatic N) is 3. The van der Waals surface area contributed by atoms with Gasteiger partial charge in [-0.15, -0.1) is 0 Å². The number of nitrogens with one attached hydrogen (secondary N) is 1. The molecule has 0 saturated carbocycles. The molecular formula is C14H25ClN4O. The van der Waals surface area contributed by atoms with E-state index in [0.29, 0.717) is 18.2 Å². The van der Waals surface area contributed by atoms with Crippen molar-refractivity contribution in [2.45, 2.75) is 34.2 Å². The third-order valence-electron chi connectivity index (χ3n) is 3.16. The molecule has 0 radical (unpaired) electrons. The predicted molar refractivity (Wildman–Crippen MR) is 84.6 cm³/mol. The highest BCUT2D eigenvalue weighted by Gasteiger charge is 2.10. The number of halogens is 1. The average molecular weight is 301 g/mol. The van der Waals surface area contributed by atoms with E-state index in [1.54, 1.807) is 6.20 Å². The maximum atomic E-state index is 12.1. The zero-order valence-electron chi connectivity index (χ0n) is 12.8. The molecular weight excluding hydrogens is 276 g/mol. The van der Waals surface area contributed by atoms with Crippen LogP contribution < -0.4 is 10.9 Å². The molecule has 6 heteroatoms. The number of anilines is 1. The quantitative estimate of drug-likeness (QED) is 0.800. The molecule has 0 aromatic carbocycles. The minimum atomic E-state index is -0.229. The van der Waals surface area contributed by atoms with Gasteiger partial charge in [0.1, 0.15) is 5.02 Å². The molecule has 20 heavy (non-hydrogen) atoms. The second-order valence-corrected chi connectivity index (χ2v) is 5.58. The normalized spacial score (nSPS) is 11.3. The summed E-state index contributed by atoms with van der Waals surface area (Å²) in [6.07, 6.45) is 1.63. The first-order valence-electron chi connectivity index (χ1n) is 7.21. The van der Waals surface area contributed by atoms with Crippen LogP contribution in [0, 0.1) is 5.92 Å². The minimum Gasteiger partial charge on any atom is -0.381 e. The number of likely N-dealkylation sites (N-methyl/N-ethyl adjacent to an activating group) is 1. The predicted octanol–water partition coefficient (Wildman–Crippen LogP) is 2.31. The molecule has 1 rings (SSSR count). The SMILES string of the molecule is CCN(CC)CCNc1cnn(CC(C)C)c(=O)c1Cl. The number of aromatic nitrogens is 2. The van der Waals surface area contributed by atoms with Gasteiger partial charge in [0.2, 0.25) is 0 Å². The summed E-state index contributed by atoms with van der Waals surface area (Å²) in [7, 11) is 0. The van der Waals surface area contributed by atoms with Crippen LogP contribution in [0.1, 0.15) is 27.7 Å². The highest BCUT2D eigenvalue weighted by Crippen LogP contribution is 2.15.